The van der Waals surface area contributed by atoms with Crippen molar-refractivity contribution in [1.82, 2.24) is 14.7 Å². The average Bonchev–Trinajstić information content (AvgIpc) is 2.92. The topological polar surface area (TPSA) is 96.2 Å². The lowest BCUT2D eigenvalue weighted by Crippen LogP contribution is -2.56. The van der Waals surface area contributed by atoms with Crippen LogP contribution in [0.15, 0.2) is 72.8 Å². The fourth-order valence-electron chi connectivity index (χ4n) is 4.57. The van der Waals surface area contributed by atoms with Gasteiger partial charge in [-0.05, 0) is 35.7 Å². The molecule has 0 spiro atoms. The molecule has 3 aromatic rings. The highest BCUT2D eigenvalue weighted by molar-refractivity contribution is 5.92. The molecule has 0 aromatic heterocycles. The largest absolute Gasteiger partial charge is 0.370 e. The van der Waals surface area contributed by atoms with Gasteiger partial charge in [0.05, 0.1) is 6.61 Å². The Morgan fingerprint density at radius 1 is 0.750 bits per heavy atom. The van der Waals surface area contributed by atoms with Crippen LogP contribution in [0.5, 0.6) is 0 Å². The second kappa shape index (κ2) is 13.5. The molecule has 0 fully saturated rings. The van der Waals surface area contributed by atoms with Crippen LogP contribution in [-0.2, 0) is 32.0 Å². The zero-order valence-corrected chi connectivity index (χ0v) is 24.5. The minimum Gasteiger partial charge on any atom is -0.370 e. The molecule has 0 bridgehead atoms. The Morgan fingerprint density at radius 3 is 1.95 bits per heavy atom. The molecule has 8 heteroatoms. The lowest BCUT2D eigenvalue weighted by Gasteiger charge is -2.35. The number of benzene rings is 3. The van der Waals surface area contributed by atoms with Crippen molar-refractivity contribution < 1.29 is 19.1 Å². The Morgan fingerprint density at radius 2 is 1.32 bits per heavy atom. The molecular weight excluding hydrogens is 504 g/mol. The van der Waals surface area contributed by atoms with E-state index in [4.69, 9.17) is 10.5 Å². The number of nitrogens with zero attached hydrogens (tertiary/aromatic N) is 3. The molecule has 2 N–H and O–H groups in total. The summed E-state index contributed by atoms with van der Waals surface area (Å²) < 4.78 is 5.57. The molecule has 8 nitrogen and oxygen atoms in total. The van der Waals surface area contributed by atoms with Crippen LogP contribution in [0.3, 0.4) is 0 Å². The summed E-state index contributed by atoms with van der Waals surface area (Å²) in [6.45, 7) is 3.63. The van der Waals surface area contributed by atoms with Crippen molar-refractivity contribution in [3.8, 4) is 0 Å². The van der Waals surface area contributed by atoms with Crippen LogP contribution in [0.1, 0.15) is 25.0 Å². The number of fused-ring (bicyclic) bond motifs is 1. The Balaban J connectivity index is 1.92. The normalized spacial score (nSPS) is 13.0. The van der Waals surface area contributed by atoms with E-state index in [9.17, 15) is 14.4 Å². The number of amides is 3. The number of ether oxygens (including phenoxy) is 1. The van der Waals surface area contributed by atoms with E-state index in [0.717, 1.165) is 21.9 Å². The van der Waals surface area contributed by atoms with Crippen molar-refractivity contribution >= 4 is 28.5 Å². The monoisotopic (exact) mass is 546 g/mol. The van der Waals surface area contributed by atoms with E-state index >= 15 is 0 Å². The van der Waals surface area contributed by atoms with Crippen molar-refractivity contribution in [2.45, 2.75) is 44.3 Å². The summed E-state index contributed by atoms with van der Waals surface area (Å²) in [5, 5.41) is 2.14. The molecule has 0 aliphatic rings. The van der Waals surface area contributed by atoms with Crippen LogP contribution >= 0.6 is 0 Å². The van der Waals surface area contributed by atoms with Gasteiger partial charge in [-0.1, -0.05) is 72.8 Å². The van der Waals surface area contributed by atoms with Gasteiger partial charge in [-0.25, -0.2) is 0 Å². The molecule has 0 aliphatic carbocycles. The van der Waals surface area contributed by atoms with E-state index in [-0.39, 0.29) is 37.4 Å². The predicted molar refractivity (Wildman–Crippen MR) is 159 cm³/mol. The molecule has 0 radical (unpaired) electrons. The fourth-order valence-corrected chi connectivity index (χ4v) is 4.57. The fraction of sp³-hybridized carbons (Fsp3) is 0.406. The molecule has 3 amide bonds. The third-order valence-electron chi connectivity index (χ3n) is 6.90. The maximum atomic E-state index is 14.1. The quantitative estimate of drug-likeness (QED) is 0.377. The molecule has 0 aliphatic heterocycles. The minimum absolute atomic E-state index is 0.188. The smallest absolute Gasteiger partial charge is 0.249 e. The molecule has 2 atom stereocenters. The molecular formula is C32H42N4O4. The van der Waals surface area contributed by atoms with Gasteiger partial charge in [0.15, 0.2) is 0 Å². The van der Waals surface area contributed by atoms with Crippen molar-refractivity contribution in [3.05, 3.63) is 83.9 Å². The lowest BCUT2D eigenvalue weighted by atomic mass is 9.98. The summed E-state index contributed by atoms with van der Waals surface area (Å²) >= 11 is 0. The number of rotatable bonds is 12. The maximum absolute atomic E-state index is 14.1. The van der Waals surface area contributed by atoms with E-state index in [1.165, 1.54) is 14.7 Å². The second-order valence-electron chi connectivity index (χ2n) is 11.3. The summed E-state index contributed by atoms with van der Waals surface area (Å²) in [5.74, 6) is -0.846. The van der Waals surface area contributed by atoms with E-state index in [0.29, 0.717) is 6.42 Å². The zero-order valence-electron chi connectivity index (χ0n) is 24.5. The lowest BCUT2D eigenvalue weighted by molar-refractivity contribution is -0.150. The van der Waals surface area contributed by atoms with Gasteiger partial charge in [-0.3, -0.25) is 14.4 Å². The minimum atomic E-state index is -0.846. The number of hydrogen-bond donors (Lipinski definition) is 1. The third-order valence-corrected chi connectivity index (χ3v) is 6.90. The Bertz CT molecular complexity index is 1300. The van der Waals surface area contributed by atoms with Gasteiger partial charge < -0.3 is 25.2 Å². The summed E-state index contributed by atoms with van der Waals surface area (Å²) in [6.07, 6.45) is 0.641. The van der Waals surface area contributed by atoms with Crippen molar-refractivity contribution in [1.29, 1.82) is 0 Å². The van der Waals surface area contributed by atoms with Crippen molar-refractivity contribution in [3.63, 3.8) is 0 Å². The summed E-state index contributed by atoms with van der Waals surface area (Å²) in [5.41, 5.74) is 7.26. The van der Waals surface area contributed by atoms with Gasteiger partial charge in [0.2, 0.25) is 17.7 Å². The summed E-state index contributed by atoms with van der Waals surface area (Å²) in [7, 11) is 6.60. The van der Waals surface area contributed by atoms with Crippen LogP contribution in [0, 0.1) is 0 Å². The van der Waals surface area contributed by atoms with Gasteiger partial charge in [0, 0.05) is 46.6 Å². The first kappa shape index (κ1) is 30.8. The summed E-state index contributed by atoms with van der Waals surface area (Å²) in [6, 6.07) is 22.0. The van der Waals surface area contributed by atoms with E-state index in [1.807, 2.05) is 86.6 Å². The summed E-state index contributed by atoms with van der Waals surface area (Å²) in [4.78, 5) is 45.0. The van der Waals surface area contributed by atoms with Crippen LogP contribution in [0.4, 0.5) is 0 Å². The number of hydrogen-bond acceptors (Lipinski definition) is 5. The van der Waals surface area contributed by atoms with Gasteiger partial charge in [-0.15, -0.1) is 0 Å². The van der Waals surface area contributed by atoms with Crippen LogP contribution in [0.2, 0.25) is 0 Å². The first-order valence-corrected chi connectivity index (χ1v) is 13.5. The second-order valence-corrected chi connectivity index (χ2v) is 11.3. The molecule has 214 valence electrons. The highest BCUT2D eigenvalue weighted by atomic mass is 16.5. The van der Waals surface area contributed by atoms with Gasteiger partial charge in [-0.2, -0.15) is 0 Å². The predicted octanol–water partition coefficient (Wildman–Crippen LogP) is 3.12. The Kier molecular flexibility index (Phi) is 10.4. The third kappa shape index (κ3) is 8.37. The molecule has 0 saturated heterocycles. The molecule has 0 unspecified atom stereocenters. The van der Waals surface area contributed by atoms with Gasteiger partial charge >= 0.3 is 0 Å². The van der Waals surface area contributed by atoms with Gasteiger partial charge in [0.1, 0.15) is 18.7 Å². The molecule has 3 aromatic carbocycles. The van der Waals surface area contributed by atoms with Crippen LogP contribution in [-0.4, -0.2) is 91.4 Å². The van der Waals surface area contributed by atoms with E-state index in [2.05, 4.69) is 0 Å². The number of carbonyl (C=O) groups excluding carboxylic acids is 3. The van der Waals surface area contributed by atoms with Crippen LogP contribution in [0.25, 0.3) is 10.8 Å². The Labute approximate surface area is 237 Å². The highest BCUT2D eigenvalue weighted by Gasteiger charge is 2.35. The first-order chi connectivity index (χ1) is 18.9. The number of likely N-dealkylation sites (N-methyl/N-ethyl adjacent to an activating group) is 3. The first-order valence-electron chi connectivity index (χ1n) is 13.5. The molecule has 40 heavy (non-hydrogen) atoms. The van der Waals surface area contributed by atoms with Crippen molar-refractivity contribution in [2.24, 2.45) is 5.73 Å². The van der Waals surface area contributed by atoms with Gasteiger partial charge in [0.25, 0.3) is 0 Å². The zero-order chi connectivity index (χ0) is 29.4. The van der Waals surface area contributed by atoms with E-state index < -0.39 is 17.6 Å². The van der Waals surface area contributed by atoms with Crippen molar-refractivity contribution in [2.75, 3.05) is 41.4 Å². The Hall–Kier alpha value is -3.75. The number of carbonyl (C=O) groups is 3. The van der Waals surface area contributed by atoms with Crippen LogP contribution < -0.4 is 5.73 Å². The molecule has 3 rings (SSSR count). The van der Waals surface area contributed by atoms with E-state index in [1.54, 1.807) is 28.2 Å². The standard InChI is InChI=1S/C32H42N4O4/c1-32(2,33)22-40-21-29(37)35(5)28(20-24-16-17-25-14-10-11-15-26(25)18-24)31(39)36(6)27(30(38)34(3)4)19-23-12-8-7-9-13-23/h7-18,27-28H,19-22,33H2,1-6H3/t27-,28-/m1/s1. The molecule has 0 heterocycles. The number of nitrogens with two attached hydrogens (primary N) is 1. The highest BCUT2D eigenvalue weighted by Crippen LogP contribution is 2.20. The molecule has 0 saturated carbocycles. The SMILES string of the molecule is CN(C)C(=O)[C@@H](Cc1ccccc1)N(C)C(=O)[C@@H](Cc1ccc2ccccc2c1)N(C)C(=O)COCC(C)(C)N. The average molecular weight is 547 g/mol. The maximum Gasteiger partial charge on any atom is 0.249 e.